The Balaban J connectivity index is 1.11. The Morgan fingerprint density at radius 3 is 2.60 bits per heavy atom. The second-order valence-corrected chi connectivity index (χ2v) is 13.6. The van der Waals surface area contributed by atoms with Gasteiger partial charge in [0.25, 0.3) is 5.91 Å². The number of rotatable bonds is 8. The summed E-state index contributed by atoms with van der Waals surface area (Å²) in [5.41, 5.74) is 1.85. The van der Waals surface area contributed by atoms with Crippen molar-refractivity contribution in [3.05, 3.63) is 59.5 Å². The molecule has 2 aliphatic rings. The Hall–Kier alpha value is -3.57. The summed E-state index contributed by atoms with van der Waals surface area (Å²) >= 11 is 1.44. The number of hydrogen-bond donors (Lipinski definition) is 2. The van der Waals surface area contributed by atoms with Crippen LogP contribution in [0, 0.1) is 5.82 Å². The third kappa shape index (κ3) is 6.52. The maximum Gasteiger partial charge on any atom is 0.408 e. The second kappa shape index (κ2) is 11.5. The van der Waals surface area contributed by atoms with E-state index in [1.165, 1.54) is 17.4 Å². The number of fused-ring (bicyclic) bond motifs is 3. The lowest BCUT2D eigenvalue weighted by molar-refractivity contribution is 0.0494. The standard InChI is InChI=1S/C32H37F2N5O3S/c1-31(2,3)42-30(41)37-32(11-12-32)21-6-7-23(24(34)18-21)25-19-39-26-8-5-20(17-27(26)43-29(39)36-25)28(40)35-13-4-14-38-15-9-22(33)10-16-38/h5-8,17-19,22H,4,9-16H2,1-3H3,(H,35,40)(H,37,41). The molecule has 6 rings (SSSR count). The summed E-state index contributed by atoms with van der Waals surface area (Å²) in [7, 11) is 0. The minimum Gasteiger partial charge on any atom is -0.444 e. The van der Waals surface area contributed by atoms with Crippen LogP contribution in [-0.4, -0.2) is 64.2 Å². The Morgan fingerprint density at radius 2 is 1.91 bits per heavy atom. The molecule has 2 aromatic carbocycles. The third-order valence-electron chi connectivity index (χ3n) is 8.10. The predicted octanol–water partition coefficient (Wildman–Crippen LogP) is 6.42. The SMILES string of the molecule is CC(C)(C)OC(=O)NC1(c2ccc(-c3cn4c(n3)sc3cc(C(=O)NCCCN5CCC(F)CC5)ccc34)c(F)c2)CC1. The molecule has 43 heavy (non-hydrogen) atoms. The molecule has 2 fully saturated rings. The van der Waals surface area contributed by atoms with E-state index in [0.29, 0.717) is 46.7 Å². The molecule has 4 aromatic rings. The first-order valence-electron chi connectivity index (χ1n) is 14.9. The van der Waals surface area contributed by atoms with E-state index in [2.05, 4.69) is 20.5 Å². The van der Waals surface area contributed by atoms with Crippen LogP contribution < -0.4 is 10.6 Å². The van der Waals surface area contributed by atoms with E-state index in [4.69, 9.17) is 4.74 Å². The summed E-state index contributed by atoms with van der Waals surface area (Å²) in [5.74, 6) is -0.538. The van der Waals surface area contributed by atoms with Crippen LogP contribution in [0.2, 0.25) is 0 Å². The van der Waals surface area contributed by atoms with Crippen LogP contribution in [0.25, 0.3) is 26.4 Å². The minimum absolute atomic E-state index is 0.132. The van der Waals surface area contributed by atoms with E-state index < -0.39 is 29.2 Å². The highest BCUT2D eigenvalue weighted by Crippen LogP contribution is 2.46. The fourth-order valence-corrected chi connectivity index (χ4v) is 6.68. The van der Waals surface area contributed by atoms with Gasteiger partial charge in [-0.2, -0.15) is 0 Å². The van der Waals surface area contributed by atoms with Crippen LogP contribution in [0.15, 0.2) is 42.6 Å². The molecule has 0 spiro atoms. The van der Waals surface area contributed by atoms with E-state index in [0.717, 1.165) is 49.1 Å². The molecule has 0 radical (unpaired) electrons. The molecule has 0 bridgehead atoms. The largest absolute Gasteiger partial charge is 0.444 e. The molecular weight excluding hydrogens is 572 g/mol. The van der Waals surface area contributed by atoms with Crippen molar-refractivity contribution in [2.24, 2.45) is 0 Å². The quantitative estimate of drug-likeness (QED) is 0.225. The number of nitrogens with one attached hydrogen (secondary N) is 2. The van der Waals surface area contributed by atoms with Gasteiger partial charge in [0.1, 0.15) is 17.6 Å². The predicted molar refractivity (Wildman–Crippen MR) is 164 cm³/mol. The molecule has 228 valence electrons. The van der Waals surface area contributed by atoms with Gasteiger partial charge in [0.05, 0.1) is 21.4 Å². The summed E-state index contributed by atoms with van der Waals surface area (Å²) in [6.07, 6.45) is 4.06. The van der Waals surface area contributed by atoms with Crippen molar-refractivity contribution in [1.82, 2.24) is 24.9 Å². The van der Waals surface area contributed by atoms with Crippen LogP contribution in [0.3, 0.4) is 0 Å². The molecular formula is C32H37F2N5O3S. The van der Waals surface area contributed by atoms with Gasteiger partial charge in [-0.25, -0.2) is 18.6 Å². The van der Waals surface area contributed by atoms with E-state index in [1.807, 2.05) is 28.8 Å². The highest BCUT2D eigenvalue weighted by molar-refractivity contribution is 7.23. The van der Waals surface area contributed by atoms with Gasteiger partial charge < -0.3 is 20.3 Å². The van der Waals surface area contributed by atoms with Crippen LogP contribution in [0.5, 0.6) is 0 Å². The number of thiazole rings is 1. The van der Waals surface area contributed by atoms with Gasteiger partial charge in [0, 0.05) is 37.0 Å². The third-order valence-corrected chi connectivity index (χ3v) is 9.12. The first-order valence-corrected chi connectivity index (χ1v) is 15.7. The Kier molecular flexibility index (Phi) is 7.89. The van der Waals surface area contributed by atoms with Gasteiger partial charge in [-0.3, -0.25) is 9.20 Å². The Bertz CT molecular complexity index is 1660. The van der Waals surface area contributed by atoms with E-state index >= 15 is 4.39 Å². The number of benzene rings is 2. The first-order chi connectivity index (χ1) is 20.5. The summed E-state index contributed by atoms with van der Waals surface area (Å²) in [6.45, 7) is 8.38. The molecule has 1 aliphatic carbocycles. The number of ether oxygens (including phenoxy) is 1. The molecule has 2 aromatic heterocycles. The van der Waals surface area contributed by atoms with Crippen LogP contribution in [0.4, 0.5) is 13.6 Å². The number of hydrogen-bond acceptors (Lipinski definition) is 6. The summed E-state index contributed by atoms with van der Waals surface area (Å²) in [6, 6.07) is 10.6. The zero-order valence-electron chi connectivity index (χ0n) is 24.7. The summed E-state index contributed by atoms with van der Waals surface area (Å²) < 4.78 is 36.9. The number of amides is 2. The van der Waals surface area contributed by atoms with Crippen molar-refractivity contribution < 1.29 is 23.1 Å². The number of piperidine rings is 1. The zero-order chi connectivity index (χ0) is 30.4. The average molecular weight is 610 g/mol. The molecule has 2 amide bonds. The summed E-state index contributed by atoms with van der Waals surface area (Å²) in [4.78, 5) is 32.8. The highest BCUT2D eigenvalue weighted by Gasteiger charge is 2.47. The molecule has 3 heterocycles. The number of alkyl carbamates (subject to hydrolysis) is 1. The van der Waals surface area contributed by atoms with Crippen LogP contribution >= 0.6 is 11.3 Å². The fourth-order valence-electron chi connectivity index (χ4n) is 5.63. The van der Waals surface area contributed by atoms with Gasteiger partial charge in [-0.15, -0.1) is 0 Å². The van der Waals surface area contributed by atoms with Gasteiger partial charge in [-0.05, 0) is 95.3 Å². The molecule has 1 aliphatic heterocycles. The lowest BCUT2D eigenvalue weighted by atomic mass is 10.0. The number of alkyl halides is 1. The zero-order valence-corrected chi connectivity index (χ0v) is 25.5. The average Bonchev–Trinajstić information content (AvgIpc) is 3.48. The van der Waals surface area contributed by atoms with Gasteiger partial charge in [-0.1, -0.05) is 17.4 Å². The second-order valence-electron chi connectivity index (χ2n) is 12.6. The van der Waals surface area contributed by atoms with Crippen molar-refractivity contribution in [3.8, 4) is 11.3 Å². The molecule has 0 unspecified atom stereocenters. The van der Waals surface area contributed by atoms with E-state index in [-0.39, 0.29) is 5.91 Å². The van der Waals surface area contributed by atoms with Crippen molar-refractivity contribution in [1.29, 1.82) is 0 Å². The monoisotopic (exact) mass is 609 g/mol. The van der Waals surface area contributed by atoms with Gasteiger partial charge in [0.15, 0.2) is 4.96 Å². The van der Waals surface area contributed by atoms with Crippen molar-refractivity contribution >= 4 is 38.5 Å². The number of carbonyl (C=O) groups is 2. The van der Waals surface area contributed by atoms with Crippen molar-refractivity contribution in [2.75, 3.05) is 26.2 Å². The van der Waals surface area contributed by atoms with Gasteiger partial charge >= 0.3 is 6.09 Å². The maximum absolute atomic E-state index is 15.4. The number of nitrogens with zero attached hydrogens (tertiary/aromatic N) is 3. The first kappa shape index (κ1) is 29.5. The Morgan fingerprint density at radius 1 is 1.14 bits per heavy atom. The molecule has 1 saturated carbocycles. The molecule has 2 N–H and O–H groups in total. The normalized spacial score (nSPS) is 17.3. The molecule has 8 nitrogen and oxygen atoms in total. The molecule has 11 heteroatoms. The number of aromatic nitrogens is 2. The molecule has 1 saturated heterocycles. The topological polar surface area (TPSA) is 88.0 Å². The Labute approximate surface area is 253 Å². The van der Waals surface area contributed by atoms with Crippen LogP contribution in [0.1, 0.15) is 68.8 Å². The smallest absolute Gasteiger partial charge is 0.408 e. The number of halogens is 2. The van der Waals surface area contributed by atoms with Crippen molar-refractivity contribution in [2.45, 2.75) is 70.2 Å². The van der Waals surface area contributed by atoms with E-state index in [1.54, 1.807) is 32.9 Å². The maximum atomic E-state index is 15.4. The lowest BCUT2D eigenvalue weighted by Crippen LogP contribution is -2.39. The highest BCUT2D eigenvalue weighted by atomic mass is 32.1. The van der Waals surface area contributed by atoms with E-state index in [9.17, 15) is 14.0 Å². The van der Waals surface area contributed by atoms with Gasteiger partial charge in [0.2, 0.25) is 0 Å². The molecule has 0 atom stereocenters. The summed E-state index contributed by atoms with van der Waals surface area (Å²) in [5, 5.41) is 5.90. The number of carbonyl (C=O) groups excluding carboxylic acids is 2. The lowest BCUT2D eigenvalue weighted by Gasteiger charge is -2.28. The van der Waals surface area contributed by atoms with Crippen molar-refractivity contribution in [3.63, 3.8) is 0 Å². The number of likely N-dealkylation sites (tertiary alicyclic amines) is 1. The number of imidazole rings is 1. The van der Waals surface area contributed by atoms with Crippen LogP contribution in [-0.2, 0) is 10.3 Å². The fraction of sp³-hybridized carbons (Fsp3) is 0.469. The minimum atomic E-state index is -0.679.